The van der Waals surface area contributed by atoms with Crippen LogP contribution in [-0.2, 0) is 20.7 Å². The molecule has 0 bridgehead atoms. The Morgan fingerprint density at radius 1 is 0.962 bits per heavy atom. The average molecular weight is 734 g/mol. The van der Waals surface area contributed by atoms with Crippen molar-refractivity contribution in [3.05, 3.63) is 35.4 Å². The van der Waals surface area contributed by atoms with Crippen LogP contribution in [0.4, 0.5) is 5.69 Å². The maximum absolute atomic E-state index is 14.0. The second-order valence-corrected chi connectivity index (χ2v) is 19.6. The second kappa shape index (κ2) is 12.9. The van der Waals surface area contributed by atoms with Crippen LogP contribution < -0.4 is 4.90 Å². The summed E-state index contributed by atoms with van der Waals surface area (Å²) in [7, 11) is 0. The molecule has 292 valence electrons. The van der Waals surface area contributed by atoms with E-state index >= 15 is 0 Å². The van der Waals surface area contributed by atoms with Gasteiger partial charge in [0.15, 0.2) is 5.78 Å². The number of hydrogen-bond donors (Lipinski definition) is 5. The molecule has 5 aliphatic carbocycles. The van der Waals surface area contributed by atoms with Crippen molar-refractivity contribution in [3.63, 3.8) is 0 Å². The van der Waals surface area contributed by atoms with Crippen LogP contribution in [0.15, 0.2) is 29.8 Å². The third-order valence-electron chi connectivity index (χ3n) is 16.7. The maximum Gasteiger partial charge on any atom is 0.233 e. The number of hydrogen-bond acceptors (Lipinski definition) is 8. The van der Waals surface area contributed by atoms with Gasteiger partial charge in [-0.3, -0.25) is 9.59 Å². The molecule has 2 aliphatic heterocycles. The number of fused-ring (bicyclic) bond motifs is 5. The van der Waals surface area contributed by atoms with Gasteiger partial charge in [-0.1, -0.05) is 47.0 Å². The number of allylic oxidation sites excluding steroid dienone is 1. The van der Waals surface area contributed by atoms with E-state index in [9.17, 15) is 35.1 Å². The summed E-state index contributed by atoms with van der Waals surface area (Å²) in [4.78, 5) is 29.7. The second-order valence-electron chi connectivity index (χ2n) is 19.6. The number of ether oxygens (including phenoxy) is 1. The minimum atomic E-state index is -1.37. The van der Waals surface area contributed by atoms with E-state index in [4.69, 9.17) is 4.74 Å². The Kier molecular flexibility index (Phi) is 9.13. The number of benzene rings is 1. The largest absolute Gasteiger partial charge is 0.508 e. The molecule has 2 heterocycles. The van der Waals surface area contributed by atoms with Crippen LogP contribution in [0.25, 0.3) is 0 Å². The van der Waals surface area contributed by atoms with Crippen molar-refractivity contribution in [2.75, 3.05) is 11.4 Å². The fraction of sp³-hybridized carbons (Fsp3) is 0.773. The van der Waals surface area contributed by atoms with E-state index in [1.54, 1.807) is 18.2 Å². The highest BCUT2D eigenvalue weighted by Crippen LogP contribution is 2.71. The molecule has 1 aromatic rings. The molecular weight excluding hydrogens is 670 g/mol. The van der Waals surface area contributed by atoms with Gasteiger partial charge in [-0.15, -0.1) is 0 Å². The number of amides is 1. The highest BCUT2D eigenvalue weighted by Gasteiger charge is 2.72. The minimum absolute atomic E-state index is 0.0727. The average Bonchev–Trinajstić information content (AvgIpc) is 3.78. The summed E-state index contributed by atoms with van der Waals surface area (Å²) in [6.07, 6.45) is 9.23. The van der Waals surface area contributed by atoms with E-state index in [1.807, 2.05) is 17.9 Å². The SMILES string of the molecule is CC(C)C(C)C1OC1C(C)(O)C1CCC2(O)C3=CC(=O)C4CC(O)C(O)CC4(C)C3CCC12CCc1cc(O)cc(N2CCC3(CCCCC3)C2=O)c1. The zero-order valence-corrected chi connectivity index (χ0v) is 32.5. The Morgan fingerprint density at radius 3 is 2.42 bits per heavy atom. The van der Waals surface area contributed by atoms with Crippen LogP contribution in [0.3, 0.4) is 0 Å². The summed E-state index contributed by atoms with van der Waals surface area (Å²) in [6.45, 7) is 11.1. The molecule has 2 saturated heterocycles. The zero-order chi connectivity index (χ0) is 37.9. The minimum Gasteiger partial charge on any atom is -0.508 e. The Labute approximate surface area is 315 Å². The number of aromatic hydroxyl groups is 1. The number of phenols is 1. The topological polar surface area (TPSA) is 151 Å². The highest BCUT2D eigenvalue weighted by atomic mass is 16.6. The summed E-state index contributed by atoms with van der Waals surface area (Å²) in [5, 5.41) is 58.5. The molecule has 9 nitrogen and oxygen atoms in total. The molecular formula is C44H63NO8. The summed E-state index contributed by atoms with van der Waals surface area (Å²) < 4.78 is 6.29. The van der Waals surface area contributed by atoms with Gasteiger partial charge in [-0.05, 0) is 136 Å². The van der Waals surface area contributed by atoms with Crippen molar-refractivity contribution in [1.29, 1.82) is 0 Å². The van der Waals surface area contributed by atoms with Crippen LogP contribution in [0.1, 0.15) is 124 Å². The fourth-order valence-electron chi connectivity index (χ4n) is 13.2. The molecule has 7 aliphatic rings. The van der Waals surface area contributed by atoms with Gasteiger partial charge in [0.05, 0.1) is 34.9 Å². The quantitative estimate of drug-likeness (QED) is 0.204. The molecule has 53 heavy (non-hydrogen) atoms. The van der Waals surface area contributed by atoms with Crippen LogP contribution in [0, 0.1) is 45.8 Å². The van der Waals surface area contributed by atoms with E-state index in [-0.39, 0.29) is 59.2 Å². The lowest BCUT2D eigenvalue weighted by atomic mass is 9.44. The molecule has 4 saturated carbocycles. The summed E-state index contributed by atoms with van der Waals surface area (Å²) in [5.74, 6) is -0.0515. The first-order chi connectivity index (χ1) is 25.0. The summed E-state index contributed by atoms with van der Waals surface area (Å²) >= 11 is 0. The molecule has 6 fully saturated rings. The van der Waals surface area contributed by atoms with Gasteiger partial charge in [0.2, 0.25) is 5.91 Å². The molecule has 5 N–H and O–H groups in total. The normalized spacial score (nSPS) is 42.2. The molecule has 1 aromatic carbocycles. The standard InChI is InChI=1S/C44H63NO8/c1-25(2)26(3)37-38(53-37)41(5,51)36-11-16-44(52)31-22-33(47)32-23-34(48)35(49)24-40(32,4)30(31)10-15-43(36,44)14-9-27-19-28(21-29(46)20-27)45-18-17-42(39(45)50)12-7-6-8-13-42/h19-22,25-26,30,32,34-38,46,48-49,51-52H,6-18,23-24H2,1-5H3. The van der Waals surface area contributed by atoms with Gasteiger partial charge in [0, 0.05) is 29.6 Å². The number of aliphatic hydroxyl groups excluding tert-OH is 2. The number of epoxide rings is 1. The van der Waals surface area contributed by atoms with E-state index in [2.05, 4.69) is 27.7 Å². The number of ketones is 1. The maximum atomic E-state index is 14.0. The summed E-state index contributed by atoms with van der Waals surface area (Å²) in [6, 6.07) is 5.48. The first kappa shape index (κ1) is 37.6. The Balaban J connectivity index is 1.14. The molecule has 9 heteroatoms. The molecule has 8 rings (SSSR count). The molecule has 1 amide bonds. The number of phenolic OH excluding ortho intramolecular Hbond substituents is 1. The van der Waals surface area contributed by atoms with E-state index in [0.29, 0.717) is 63.1 Å². The number of nitrogens with zero attached hydrogens (tertiary/aromatic N) is 1. The lowest BCUT2D eigenvalue weighted by Gasteiger charge is -2.61. The highest BCUT2D eigenvalue weighted by molar-refractivity contribution is 6.00. The fourth-order valence-corrected chi connectivity index (χ4v) is 13.2. The Bertz CT molecular complexity index is 1660. The Hall–Kier alpha value is -2.30. The van der Waals surface area contributed by atoms with Crippen molar-refractivity contribution in [2.24, 2.45) is 45.8 Å². The number of aryl methyl sites for hydroxylation is 1. The van der Waals surface area contributed by atoms with E-state index in [1.165, 1.54) is 6.42 Å². The number of aliphatic hydroxyl groups is 4. The van der Waals surface area contributed by atoms with Crippen molar-refractivity contribution in [1.82, 2.24) is 0 Å². The van der Waals surface area contributed by atoms with Gasteiger partial charge < -0.3 is 35.2 Å². The number of carbonyl (C=O) groups excluding carboxylic acids is 2. The summed E-state index contributed by atoms with van der Waals surface area (Å²) in [5.41, 5.74) is -1.97. The third kappa shape index (κ3) is 5.63. The van der Waals surface area contributed by atoms with Gasteiger partial charge in [-0.25, -0.2) is 0 Å². The van der Waals surface area contributed by atoms with Gasteiger partial charge in [0.1, 0.15) is 11.9 Å². The van der Waals surface area contributed by atoms with Crippen molar-refractivity contribution >= 4 is 17.4 Å². The van der Waals surface area contributed by atoms with Crippen LogP contribution in [-0.4, -0.2) is 79.4 Å². The van der Waals surface area contributed by atoms with E-state index in [0.717, 1.165) is 43.2 Å². The predicted octanol–water partition coefficient (Wildman–Crippen LogP) is 6.01. The lowest BCUT2D eigenvalue weighted by Crippen LogP contribution is -2.63. The van der Waals surface area contributed by atoms with Gasteiger partial charge >= 0.3 is 0 Å². The van der Waals surface area contributed by atoms with Gasteiger partial charge in [-0.2, -0.15) is 0 Å². The van der Waals surface area contributed by atoms with Crippen molar-refractivity contribution in [2.45, 2.75) is 160 Å². The molecule has 1 spiro atoms. The zero-order valence-electron chi connectivity index (χ0n) is 32.5. The van der Waals surface area contributed by atoms with Gasteiger partial charge in [0.25, 0.3) is 0 Å². The van der Waals surface area contributed by atoms with Crippen molar-refractivity contribution < 1.29 is 39.9 Å². The molecule has 0 radical (unpaired) electrons. The Morgan fingerprint density at radius 2 is 1.70 bits per heavy atom. The number of carbonyl (C=O) groups is 2. The predicted molar refractivity (Wildman–Crippen MR) is 201 cm³/mol. The van der Waals surface area contributed by atoms with Crippen molar-refractivity contribution in [3.8, 4) is 5.75 Å². The number of rotatable bonds is 8. The number of anilines is 1. The first-order valence-corrected chi connectivity index (χ1v) is 20.8. The third-order valence-corrected chi connectivity index (χ3v) is 16.7. The smallest absolute Gasteiger partial charge is 0.233 e. The monoisotopic (exact) mass is 733 g/mol. The van der Waals surface area contributed by atoms with Crippen LogP contribution in [0.5, 0.6) is 5.75 Å². The van der Waals surface area contributed by atoms with Crippen LogP contribution in [0.2, 0.25) is 0 Å². The molecule has 0 aromatic heterocycles. The van der Waals surface area contributed by atoms with Crippen LogP contribution >= 0.6 is 0 Å². The van der Waals surface area contributed by atoms with E-state index < -0.39 is 40.2 Å². The molecule has 12 atom stereocenters. The first-order valence-electron chi connectivity index (χ1n) is 20.8. The molecule has 12 unspecified atom stereocenters. The lowest BCUT2D eigenvalue weighted by molar-refractivity contribution is -0.168.